The summed E-state index contributed by atoms with van der Waals surface area (Å²) in [6.07, 6.45) is 4.04. The van der Waals surface area contributed by atoms with Crippen LogP contribution in [0.4, 0.5) is 0 Å². The van der Waals surface area contributed by atoms with E-state index in [4.69, 9.17) is 20.8 Å². The van der Waals surface area contributed by atoms with Crippen LogP contribution in [-0.4, -0.2) is 11.5 Å². The van der Waals surface area contributed by atoms with Gasteiger partial charge in [-0.3, -0.25) is 0 Å². The van der Waals surface area contributed by atoms with Crippen molar-refractivity contribution in [3.63, 3.8) is 0 Å². The smallest absolute Gasteiger partial charge is 0.343 e. The molecule has 1 unspecified atom stereocenters. The molecule has 18 heavy (non-hydrogen) atoms. The summed E-state index contributed by atoms with van der Waals surface area (Å²) >= 11 is 5.95. The van der Waals surface area contributed by atoms with Gasteiger partial charge in [-0.15, -0.1) is 0 Å². The maximum absolute atomic E-state index is 11.9. The summed E-state index contributed by atoms with van der Waals surface area (Å²) in [5, 5.41) is 0.752. The zero-order valence-corrected chi connectivity index (χ0v) is 10.9. The van der Waals surface area contributed by atoms with E-state index in [1.54, 1.807) is 6.07 Å². The van der Waals surface area contributed by atoms with Crippen molar-refractivity contribution in [2.45, 2.75) is 31.7 Å². The number of halogens is 1. The monoisotopic (exact) mass is 266 g/mol. The first-order valence-corrected chi connectivity index (χ1v) is 6.47. The molecule has 0 amide bonds. The number of ether oxygens (including phenoxy) is 1. The van der Waals surface area contributed by atoms with E-state index < -0.39 is 11.5 Å². The van der Waals surface area contributed by atoms with Crippen molar-refractivity contribution >= 4 is 28.5 Å². The summed E-state index contributed by atoms with van der Waals surface area (Å²) in [5.74, 6) is -0.434. The van der Waals surface area contributed by atoms with Crippen molar-refractivity contribution in [2.24, 2.45) is 0 Å². The average Bonchev–Trinajstić information content (AvgIpc) is 2.80. The molecule has 2 rings (SSSR count). The molecule has 1 aromatic heterocycles. The van der Waals surface area contributed by atoms with Crippen LogP contribution in [-0.2, 0) is 4.74 Å². The highest BCUT2D eigenvalue weighted by Crippen LogP contribution is 2.22. The Morgan fingerprint density at radius 2 is 2.22 bits per heavy atom. The van der Waals surface area contributed by atoms with Gasteiger partial charge in [-0.05, 0) is 18.9 Å². The Kier molecular flexibility index (Phi) is 4.26. The molecule has 2 aromatic rings. The summed E-state index contributed by atoms with van der Waals surface area (Å²) in [6, 6.07) is 7.34. The fraction of sp³-hybridized carbons (Fsp3) is 0.357. The fourth-order valence-electron chi connectivity index (χ4n) is 1.74. The summed E-state index contributed by atoms with van der Waals surface area (Å²) in [4.78, 5) is 11.9. The molecular formula is C14H15ClO3. The molecule has 1 heterocycles. The van der Waals surface area contributed by atoms with Crippen molar-refractivity contribution < 1.29 is 13.9 Å². The second-order valence-electron chi connectivity index (χ2n) is 4.10. The Labute approximate surface area is 111 Å². The lowest BCUT2D eigenvalue weighted by molar-refractivity contribution is 0.0435. The normalized spacial score (nSPS) is 12.6. The minimum absolute atomic E-state index is 0.424. The first kappa shape index (κ1) is 13.0. The third kappa shape index (κ3) is 2.85. The largest absolute Gasteiger partial charge is 0.463 e. The molecule has 1 atom stereocenters. The minimum atomic E-state index is -0.578. The van der Waals surface area contributed by atoms with Crippen LogP contribution in [0.1, 0.15) is 36.5 Å². The second-order valence-corrected chi connectivity index (χ2v) is 4.59. The molecule has 0 aliphatic carbocycles. The van der Waals surface area contributed by atoms with Crippen LogP contribution >= 0.6 is 11.6 Å². The van der Waals surface area contributed by atoms with E-state index in [2.05, 4.69) is 6.92 Å². The Morgan fingerprint density at radius 1 is 1.44 bits per heavy atom. The Morgan fingerprint density at radius 3 is 3.00 bits per heavy atom. The van der Waals surface area contributed by atoms with E-state index in [-0.39, 0.29) is 0 Å². The first-order valence-electron chi connectivity index (χ1n) is 6.03. The van der Waals surface area contributed by atoms with E-state index in [0.29, 0.717) is 17.6 Å². The van der Waals surface area contributed by atoms with Crippen LogP contribution in [0.5, 0.6) is 0 Å². The number of benzene rings is 1. The van der Waals surface area contributed by atoms with E-state index >= 15 is 0 Å². The summed E-state index contributed by atoms with van der Waals surface area (Å²) in [6.45, 7) is 2.06. The number of hydrogen-bond donors (Lipinski definition) is 0. The van der Waals surface area contributed by atoms with Crippen LogP contribution in [0.2, 0.25) is 0 Å². The standard InChI is InChI=1S/C14H15ClO3/c1-2-3-8-13(15)18-14(16)11-9-17-12-7-5-4-6-10(11)12/h4-7,9,13H,2-3,8H2,1H3. The van der Waals surface area contributed by atoms with Gasteiger partial charge in [-0.2, -0.15) is 0 Å². The highest BCUT2D eigenvalue weighted by molar-refractivity contribution is 6.20. The number of esters is 1. The molecule has 0 saturated carbocycles. The lowest BCUT2D eigenvalue weighted by atomic mass is 10.2. The molecule has 0 N–H and O–H groups in total. The molecule has 0 bridgehead atoms. The van der Waals surface area contributed by atoms with Gasteiger partial charge in [0.1, 0.15) is 17.4 Å². The number of fused-ring (bicyclic) bond motifs is 1. The SMILES string of the molecule is CCCCC(Cl)OC(=O)c1coc2ccccc12. The molecule has 3 nitrogen and oxygen atoms in total. The lowest BCUT2D eigenvalue weighted by Gasteiger charge is -2.09. The zero-order chi connectivity index (χ0) is 13.0. The van der Waals surface area contributed by atoms with Gasteiger partial charge in [0.05, 0.1) is 0 Å². The predicted octanol–water partition coefficient (Wildman–Crippen LogP) is 4.34. The Balaban J connectivity index is 2.09. The summed E-state index contributed by atoms with van der Waals surface area (Å²) in [5.41, 5.74) is 0.517. The third-order valence-corrected chi connectivity index (χ3v) is 3.03. The zero-order valence-electron chi connectivity index (χ0n) is 10.2. The number of hydrogen-bond acceptors (Lipinski definition) is 3. The molecule has 0 radical (unpaired) electrons. The summed E-state index contributed by atoms with van der Waals surface area (Å²) in [7, 11) is 0. The van der Waals surface area contributed by atoms with E-state index in [9.17, 15) is 4.79 Å². The van der Waals surface area contributed by atoms with E-state index in [1.165, 1.54) is 6.26 Å². The van der Waals surface area contributed by atoms with Gasteiger partial charge in [0, 0.05) is 5.39 Å². The number of para-hydroxylation sites is 1. The van der Waals surface area contributed by atoms with Gasteiger partial charge in [0.25, 0.3) is 0 Å². The highest BCUT2D eigenvalue weighted by atomic mass is 35.5. The number of carbonyl (C=O) groups is 1. The summed E-state index contributed by atoms with van der Waals surface area (Å²) < 4.78 is 10.5. The van der Waals surface area contributed by atoms with Gasteiger partial charge in [0.2, 0.25) is 0 Å². The maximum atomic E-state index is 11.9. The lowest BCUT2D eigenvalue weighted by Crippen LogP contribution is -2.12. The number of rotatable bonds is 5. The molecule has 4 heteroatoms. The van der Waals surface area contributed by atoms with E-state index in [0.717, 1.165) is 18.2 Å². The van der Waals surface area contributed by atoms with Crippen LogP contribution in [0.25, 0.3) is 11.0 Å². The average molecular weight is 267 g/mol. The van der Waals surface area contributed by atoms with Crippen molar-refractivity contribution in [3.8, 4) is 0 Å². The molecule has 1 aromatic carbocycles. The molecular weight excluding hydrogens is 252 g/mol. The maximum Gasteiger partial charge on any atom is 0.343 e. The fourth-order valence-corrected chi connectivity index (χ4v) is 1.97. The van der Waals surface area contributed by atoms with E-state index in [1.807, 2.05) is 18.2 Å². The number of carbonyl (C=O) groups excluding carboxylic acids is 1. The number of alkyl halides is 1. The van der Waals surface area contributed by atoms with Crippen molar-refractivity contribution in [3.05, 3.63) is 36.1 Å². The molecule has 0 fully saturated rings. The van der Waals surface area contributed by atoms with Gasteiger partial charge < -0.3 is 9.15 Å². The molecule has 0 saturated heterocycles. The van der Waals surface area contributed by atoms with Gasteiger partial charge in [-0.25, -0.2) is 4.79 Å². The topological polar surface area (TPSA) is 39.4 Å². The molecule has 0 aliphatic rings. The molecule has 0 spiro atoms. The van der Waals surface area contributed by atoms with Crippen LogP contribution in [0, 0.1) is 0 Å². The second kappa shape index (κ2) is 5.91. The third-order valence-electron chi connectivity index (χ3n) is 2.72. The predicted molar refractivity (Wildman–Crippen MR) is 70.8 cm³/mol. The van der Waals surface area contributed by atoms with Crippen molar-refractivity contribution in [1.82, 2.24) is 0 Å². The van der Waals surface area contributed by atoms with Crippen LogP contribution in [0.15, 0.2) is 34.9 Å². The van der Waals surface area contributed by atoms with Gasteiger partial charge in [-0.1, -0.05) is 43.1 Å². The van der Waals surface area contributed by atoms with Crippen molar-refractivity contribution in [2.75, 3.05) is 0 Å². The number of furan rings is 1. The Bertz CT molecular complexity index is 533. The number of unbranched alkanes of at least 4 members (excludes halogenated alkanes) is 1. The minimum Gasteiger partial charge on any atom is -0.463 e. The van der Waals surface area contributed by atoms with Crippen LogP contribution < -0.4 is 0 Å². The quantitative estimate of drug-likeness (QED) is 0.597. The van der Waals surface area contributed by atoms with Crippen molar-refractivity contribution in [1.29, 1.82) is 0 Å². The van der Waals surface area contributed by atoms with Crippen LogP contribution in [0.3, 0.4) is 0 Å². The Hall–Kier alpha value is -1.48. The molecule has 0 aliphatic heterocycles. The molecule has 96 valence electrons. The van der Waals surface area contributed by atoms with Gasteiger partial charge >= 0.3 is 5.97 Å². The van der Waals surface area contributed by atoms with Gasteiger partial charge in [0.15, 0.2) is 5.56 Å². The highest BCUT2D eigenvalue weighted by Gasteiger charge is 2.17. The first-order chi connectivity index (χ1) is 8.72.